The van der Waals surface area contributed by atoms with E-state index in [9.17, 15) is 10.5 Å². The number of aromatic nitrogens is 3. The minimum absolute atomic E-state index is 0.601. The Bertz CT molecular complexity index is 3610. The van der Waals surface area contributed by atoms with Gasteiger partial charge in [-0.15, -0.1) is 0 Å². The molecular formula is C52H33N5Si. The fourth-order valence-electron chi connectivity index (χ4n) is 10.1. The predicted octanol–water partition coefficient (Wildman–Crippen LogP) is 11.5. The van der Waals surface area contributed by atoms with Crippen LogP contribution in [0.2, 0.25) is 13.1 Å². The van der Waals surface area contributed by atoms with Crippen molar-refractivity contribution in [3.05, 3.63) is 175 Å². The van der Waals surface area contributed by atoms with Gasteiger partial charge in [-0.2, -0.15) is 10.5 Å². The van der Waals surface area contributed by atoms with Crippen LogP contribution in [0.4, 0.5) is 0 Å². The molecular weight excluding hydrogens is 723 g/mol. The lowest BCUT2D eigenvalue weighted by molar-refractivity contribution is 1.17. The van der Waals surface area contributed by atoms with E-state index in [-0.39, 0.29) is 0 Å². The van der Waals surface area contributed by atoms with Gasteiger partial charge in [-0.1, -0.05) is 85.9 Å². The van der Waals surface area contributed by atoms with Crippen molar-refractivity contribution < 1.29 is 0 Å². The number of nitriles is 2. The van der Waals surface area contributed by atoms with Crippen LogP contribution in [0.1, 0.15) is 11.1 Å². The van der Waals surface area contributed by atoms with Gasteiger partial charge in [-0.3, -0.25) is 0 Å². The summed E-state index contributed by atoms with van der Waals surface area (Å²) in [6.07, 6.45) is 0. The van der Waals surface area contributed by atoms with Crippen LogP contribution >= 0.6 is 0 Å². The zero-order chi connectivity index (χ0) is 38.9. The largest absolute Gasteiger partial charge is 0.309 e. The average Bonchev–Trinajstić information content (AvgIpc) is 3.96. The summed E-state index contributed by atoms with van der Waals surface area (Å²) in [6, 6.07) is 63.4. The molecule has 8 aromatic carbocycles. The Labute approximate surface area is 335 Å². The maximum absolute atomic E-state index is 9.78. The molecule has 1 aliphatic rings. The van der Waals surface area contributed by atoms with Crippen molar-refractivity contribution in [1.82, 2.24) is 13.7 Å². The van der Waals surface area contributed by atoms with Crippen molar-refractivity contribution >= 4 is 83.9 Å². The van der Waals surface area contributed by atoms with Crippen LogP contribution in [0.5, 0.6) is 0 Å². The van der Waals surface area contributed by atoms with E-state index in [0.717, 1.165) is 38.9 Å². The molecule has 11 aromatic rings. The minimum Gasteiger partial charge on any atom is -0.309 e. The number of rotatable bonds is 3. The SMILES string of the molecule is C[Si]1(C)c2ccc(-n3c4ccc(C#N)cc4c4cc(C#N)ccc43)cc2-c2cc(-n3c4ccccc4c4c3ccc3c5ccccc5n(-c5ccccc5)c34)ccc21. The molecule has 12 rings (SSSR count). The lowest BCUT2D eigenvalue weighted by atomic mass is 10.0. The van der Waals surface area contributed by atoms with E-state index in [0.29, 0.717) is 11.1 Å². The van der Waals surface area contributed by atoms with E-state index in [1.165, 1.54) is 65.1 Å². The van der Waals surface area contributed by atoms with Crippen LogP contribution in [0.25, 0.3) is 93.6 Å². The lowest BCUT2D eigenvalue weighted by Crippen LogP contribution is -2.49. The van der Waals surface area contributed by atoms with Crippen LogP contribution < -0.4 is 10.4 Å². The van der Waals surface area contributed by atoms with Gasteiger partial charge in [-0.25, -0.2) is 0 Å². The zero-order valence-corrected chi connectivity index (χ0v) is 32.8. The Hall–Kier alpha value is -7.64. The molecule has 0 bridgehead atoms. The molecule has 4 heterocycles. The summed E-state index contributed by atoms with van der Waals surface area (Å²) in [5, 5.41) is 29.3. The summed E-state index contributed by atoms with van der Waals surface area (Å²) < 4.78 is 7.18. The summed E-state index contributed by atoms with van der Waals surface area (Å²) in [5.41, 5.74) is 13.9. The third-order valence-corrected chi connectivity index (χ3v) is 16.2. The van der Waals surface area contributed by atoms with Gasteiger partial charge in [0.2, 0.25) is 0 Å². The van der Waals surface area contributed by atoms with Crippen molar-refractivity contribution in [2.45, 2.75) is 13.1 Å². The highest BCUT2D eigenvalue weighted by Crippen LogP contribution is 2.43. The predicted molar refractivity (Wildman–Crippen MR) is 241 cm³/mol. The van der Waals surface area contributed by atoms with Gasteiger partial charge in [0.15, 0.2) is 0 Å². The second-order valence-corrected chi connectivity index (χ2v) is 20.3. The monoisotopic (exact) mass is 755 g/mol. The van der Waals surface area contributed by atoms with Crippen molar-refractivity contribution in [3.63, 3.8) is 0 Å². The Morgan fingerprint density at radius 1 is 0.397 bits per heavy atom. The molecule has 0 N–H and O–H groups in total. The van der Waals surface area contributed by atoms with E-state index < -0.39 is 8.07 Å². The van der Waals surface area contributed by atoms with Crippen molar-refractivity contribution in [1.29, 1.82) is 10.5 Å². The lowest BCUT2D eigenvalue weighted by Gasteiger charge is -2.19. The topological polar surface area (TPSA) is 62.4 Å². The van der Waals surface area contributed by atoms with Crippen LogP contribution in [0.15, 0.2) is 164 Å². The molecule has 0 unspecified atom stereocenters. The standard InChI is InChI=1S/C52H33N5Si/c1-58(2)49-24-18-35(55-46-21-16-32(30-53)26-40(46)41-27-33(31-54)17-22-47(41)55)28-42(49)43-29-36(19-25-50(43)58)56-45-15-9-7-13-39(45)51-48(56)23-20-38-37-12-6-8-14-44(37)57(52(38)51)34-10-4-3-5-11-34/h3-29H,1-2H3. The molecule has 3 aromatic heterocycles. The van der Waals surface area contributed by atoms with Gasteiger partial charge < -0.3 is 13.7 Å². The highest BCUT2D eigenvalue weighted by atomic mass is 28.3. The molecule has 0 fully saturated rings. The zero-order valence-electron chi connectivity index (χ0n) is 31.8. The van der Waals surface area contributed by atoms with Crippen LogP contribution in [0.3, 0.4) is 0 Å². The summed E-state index contributed by atoms with van der Waals surface area (Å²) >= 11 is 0. The Morgan fingerprint density at radius 3 is 1.50 bits per heavy atom. The van der Waals surface area contributed by atoms with Gasteiger partial charge >= 0.3 is 0 Å². The summed E-state index contributed by atoms with van der Waals surface area (Å²) in [7, 11) is -2.03. The molecule has 0 saturated heterocycles. The number of benzene rings is 8. The first-order chi connectivity index (χ1) is 28.4. The first kappa shape index (κ1) is 32.6. The molecule has 6 heteroatoms. The molecule has 0 aliphatic carbocycles. The highest BCUT2D eigenvalue weighted by molar-refractivity contribution is 7.03. The fourth-order valence-corrected chi connectivity index (χ4v) is 13.1. The molecule has 0 saturated carbocycles. The van der Waals surface area contributed by atoms with E-state index in [1.54, 1.807) is 0 Å². The van der Waals surface area contributed by atoms with Crippen molar-refractivity contribution in [3.8, 4) is 40.3 Å². The van der Waals surface area contributed by atoms with Crippen LogP contribution in [0, 0.1) is 22.7 Å². The third-order valence-electron chi connectivity index (χ3n) is 12.7. The van der Waals surface area contributed by atoms with Crippen LogP contribution in [-0.2, 0) is 0 Å². The number of hydrogen-bond donors (Lipinski definition) is 0. The highest BCUT2D eigenvalue weighted by Gasteiger charge is 2.38. The van der Waals surface area contributed by atoms with Gasteiger partial charge in [-0.05, 0) is 112 Å². The molecule has 1 aliphatic heterocycles. The van der Waals surface area contributed by atoms with Gasteiger partial charge in [0.05, 0.1) is 56.4 Å². The third kappa shape index (κ3) is 4.27. The first-order valence-electron chi connectivity index (χ1n) is 19.6. The van der Waals surface area contributed by atoms with Crippen molar-refractivity contribution in [2.75, 3.05) is 0 Å². The molecule has 5 nitrogen and oxygen atoms in total. The Morgan fingerprint density at radius 2 is 0.897 bits per heavy atom. The van der Waals surface area contributed by atoms with E-state index >= 15 is 0 Å². The average molecular weight is 756 g/mol. The quantitative estimate of drug-likeness (QED) is 0.169. The van der Waals surface area contributed by atoms with E-state index in [1.807, 2.05) is 36.4 Å². The fraction of sp³-hybridized carbons (Fsp3) is 0.0385. The molecule has 0 spiro atoms. The maximum atomic E-state index is 9.78. The minimum atomic E-state index is -2.03. The van der Waals surface area contributed by atoms with E-state index in [4.69, 9.17) is 0 Å². The number of nitrogens with zero attached hydrogens (tertiary/aromatic N) is 5. The van der Waals surface area contributed by atoms with Gasteiger partial charge in [0, 0.05) is 49.4 Å². The molecule has 58 heavy (non-hydrogen) atoms. The molecule has 0 radical (unpaired) electrons. The summed E-state index contributed by atoms with van der Waals surface area (Å²) in [5.74, 6) is 0. The second kappa shape index (κ2) is 11.7. The number of hydrogen-bond acceptors (Lipinski definition) is 2. The van der Waals surface area contributed by atoms with Crippen LogP contribution in [-0.4, -0.2) is 21.8 Å². The maximum Gasteiger partial charge on any atom is 0.113 e. The summed E-state index contributed by atoms with van der Waals surface area (Å²) in [4.78, 5) is 0. The van der Waals surface area contributed by atoms with E-state index in [2.05, 4.69) is 166 Å². The Balaban J connectivity index is 1.11. The number of fused-ring (bicyclic) bond motifs is 13. The smallest absolute Gasteiger partial charge is 0.113 e. The molecule has 0 atom stereocenters. The summed E-state index contributed by atoms with van der Waals surface area (Å²) in [6.45, 7) is 4.92. The first-order valence-corrected chi connectivity index (χ1v) is 22.6. The number of para-hydroxylation sites is 3. The Kier molecular flexibility index (Phi) is 6.57. The second-order valence-electron chi connectivity index (χ2n) is 16.0. The molecule has 0 amide bonds. The molecule has 270 valence electrons. The van der Waals surface area contributed by atoms with Gasteiger partial charge in [0.1, 0.15) is 8.07 Å². The van der Waals surface area contributed by atoms with Gasteiger partial charge in [0.25, 0.3) is 0 Å². The normalized spacial score (nSPS) is 13.1. The van der Waals surface area contributed by atoms with Crippen molar-refractivity contribution in [2.24, 2.45) is 0 Å².